The lowest BCUT2D eigenvalue weighted by Gasteiger charge is -1.98. The van der Waals surface area contributed by atoms with Crippen LogP contribution in [0.5, 0.6) is 11.6 Å². The van der Waals surface area contributed by atoms with Crippen LogP contribution in [0.1, 0.15) is 0 Å². The van der Waals surface area contributed by atoms with Crippen molar-refractivity contribution in [3.8, 4) is 11.6 Å². The van der Waals surface area contributed by atoms with Crippen molar-refractivity contribution in [3.05, 3.63) is 70.7 Å². The predicted molar refractivity (Wildman–Crippen MR) is 93.2 cm³/mol. The number of nitrogens with zero attached hydrogens (tertiary/aromatic N) is 3. The highest BCUT2D eigenvalue weighted by molar-refractivity contribution is 5.82. The van der Waals surface area contributed by atoms with Gasteiger partial charge in [-0.2, -0.15) is 0 Å². The molecule has 7 heteroatoms. The molecule has 0 radical (unpaired) electrons. The summed E-state index contributed by atoms with van der Waals surface area (Å²) in [4.78, 5) is 23.6. The molecule has 0 spiro atoms. The summed E-state index contributed by atoms with van der Waals surface area (Å²) in [5, 5.41) is 10.8. The molecule has 2 aromatic heterocycles. The zero-order valence-electron chi connectivity index (χ0n) is 13.3. The molecule has 0 unspecified atom stereocenters. The van der Waals surface area contributed by atoms with Crippen molar-refractivity contribution in [1.82, 2.24) is 14.4 Å². The molecule has 25 heavy (non-hydrogen) atoms. The predicted octanol–water partition coefficient (Wildman–Crippen LogP) is 2.12. The van der Waals surface area contributed by atoms with Gasteiger partial charge in [0.2, 0.25) is 11.5 Å². The van der Waals surface area contributed by atoms with Gasteiger partial charge >= 0.3 is 5.69 Å². The highest BCUT2D eigenvalue weighted by atomic mass is 16.5. The van der Waals surface area contributed by atoms with Crippen molar-refractivity contribution < 1.29 is 9.84 Å². The second-order valence-corrected chi connectivity index (χ2v) is 5.42. The third-order valence-corrected chi connectivity index (χ3v) is 3.86. The third kappa shape index (κ3) is 2.61. The molecule has 2 N–H and O–H groups in total. The molecule has 0 aliphatic rings. The summed E-state index contributed by atoms with van der Waals surface area (Å²) in [6.45, 7) is 0. The number of benzene rings is 2. The van der Waals surface area contributed by atoms with Gasteiger partial charge in [0, 0.05) is 5.39 Å². The van der Waals surface area contributed by atoms with Gasteiger partial charge < -0.3 is 9.84 Å². The lowest BCUT2D eigenvalue weighted by atomic mass is 10.2. The Bertz CT molecular complexity index is 1210. The monoisotopic (exact) mass is 334 g/mol. The van der Waals surface area contributed by atoms with E-state index in [2.05, 4.69) is 15.0 Å². The second kappa shape index (κ2) is 5.79. The number of aromatic hydroxyl groups is 1. The molecule has 2 aromatic carbocycles. The molecular formula is C18H14N4O3. The molecule has 0 bridgehead atoms. The minimum Gasteiger partial charge on any atom is -0.497 e. The Morgan fingerprint density at radius 1 is 1.16 bits per heavy atom. The van der Waals surface area contributed by atoms with Crippen molar-refractivity contribution in [2.45, 2.75) is 0 Å². The Morgan fingerprint density at radius 3 is 2.68 bits per heavy atom. The molecule has 0 fully saturated rings. The van der Waals surface area contributed by atoms with Gasteiger partial charge in [0.1, 0.15) is 11.3 Å². The smallest absolute Gasteiger partial charge is 0.335 e. The average molecular weight is 334 g/mol. The topological polar surface area (TPSA) is 92.0 Å². The van der Waals surface area contributed by atoms with E-state index < -0.39 is 5.69 Å². The van der Waals surface area contributed by atoms with E-state index in [-0.39, 0.29) is 11.5 Å². The minimum absolute atomic E-state index is 0.169. The van der Waals surface area contributed by atoms with E-state index in [1.54, 1.807) is 37.4 Å². The van der Waals surface area contributed by atoms with Gasteiger partial charge in [0.25, 0.3) is 0 Å². The Hall–Kier alpha value is -3.61. The molecule has 0 aliphatic heterocycles. The van der Waals surface area contributed by atoms with Crippen molar-refractivity contribution in [2.75, 3.05) is 7.11 Å². The van der Waals surface area contributed by atoms with Crippen molar-refractivity contribution in [2.24, 2.45) is 4.99 Å². The summed E-state index contributed by atoms with van der Waals surface area (Å²) in [6.07, 6.45) is 0. The normalized spacial score (nSPS) is 12.0. The maximum Gasteiger partial charge on any atom is 0.335 e. The standard InChI is InChI=1S/C18H14N4O3/c1-25-13-8-6-12(7-9-13)19-17-20-14-5-3-2-4-11(14)10-15-16(23)21-18(24)22(15)17/h2-10,23H,1H3,(H,21,24). The number of H-pyrrole nitrogens is 1. The zero-order valence-corrected chi connectivity index (χ0v) is 13.3. The fourth-order valence-electron chi connectivity index (χ4n) is 2.63. The van der Waals surface area contributed by atoms with Crippen LogP contribution in [0.4, 0.5) is 5.69 Å². The Labute approximate surface area is 141 Å². The van der Waals surface area contributed by atoms with E-state index in [1.165, 1.54) is 4.40 Å². The highest BCUT2D eigenvalue weighted by Crippen LogP contribution is 2.18. The fourth-order valence-corrected chi connectivity index (χ4v) is 2.63. The summed E-state index contributed by atoms with van der Waals surface area (Å²) < 4.78 is 6.38. The van der Waals surface area contributed by atoms with Crippen molar-refractivity contribution >= 4 is 22.1 Å². The van der Waals surface area contributed by atoms with Gasteiger partial charge in [-0.15, -0.1) is 0 Å². The number of hydrogen-bond donors (Lipinski definition) is 2. The zero-order chi connectivity index (χ0) is 17.4. The van der Waals surface area contributed by atoms with Crippen LogP contribution in [0.15, 0.2) is 64.4 Å². The van der Waals surface area contributed by atoms with Crippen LogP contribution in [0.25, 0.3) is 16.4 Å². The summed E-state index contributed by atoms with van der Waals surface area (Å²) in [5.74, 6) is 0.483. The van der Waals surface area contributed by atoms with Crippen LogP contribution in [0.2, 0.25) is 0 Å². The van der Waals surface area contributed by atoms with Gasteiger partial charge in [-0.25, -0.2) is 19.2 Å². The lowest BCUT2D eigenvalue weighted by molar-refractivity contribution is 0.415. The molecule has 7 nitrogen and oxygen atoms in total. The molecule has 0 amide bonds. The molecule has 4 rings (SSSR count). The van der Waals surface area contributed by atoms with Crippen LogP contribution in [0, 0.1) is 0 Å². The second-order valence-electron chi connectivity index (χ2n) is 5.42. The van der Waals surface area contributed by atoms with E-state index in [0.717, 1.165) is 5.39 Å². The fraction of sp³-hybridized carbons (Fsp3) is 0.0556. The highest BCUT2D eigenvalue weighted by Gasteiger charge is 2.09. The number of nitrogens with one attached hydrogen (secondary N) is 1. The first-order chi connectivity index (χ1) is 12.2. The SMILES string of the molecule is COc1ccc(N=c2nc3ccccc3cc3c(O)[nH]c(=O)n23)cc1. The van der Waals surface area contributed by atoms with E-state index >= 15 is 0 Å². The van der Waals surface area contributed by atoms with Crippen LogP contribution in [-0.2, 0) is 0 Å². The quantitative estimate of drug-likeness (QED) is 0.587. The number of ether oxygens (including phenoxy) is 1. The number of imidazole rings is 1. The molecule has 0 aliphatic carbocycles. The van der Waals surface area contributed by atoms with Gasteiger partial charge in [-0.1, -0.05) is 18.2 Å². The van der Waals surface area contributed by atoms with Gasteiger partial charge in [0.15, 0.2) is 0 Å². The van der Waals surface area contributed by atoms with E-state index in [0.29, 0.717) is 22.5 Å². The number of methoxy groups -OCH3 is 1. The largest absolute Gasteiger partial charge is 0.497 e. The molecule has 124 valence electrons. The number of aromatic amines is 1. The van der Waals surface area contributed by atoms with Crippen molar-refractivity contribution in [3.63, 3.8) is 0 Å². The maximum absolute atomic E-state index is 12.3. The van der Waals surface area contributed by atoms with Crippen LogP contribution in [-0.4, -0.2) is 26.6 Å². The first-order valence-electron chi connectivity index (χ1n) is 7.58. The number of fused-ring (bicyclic) bond motifs is 2. The maximum atomic E-state index is 12.3. The number of para-hydroxylation sites is 1. The molecule has 2 heterocycles. The van der Waals surface area contributed by atoms with Gasteiger partial charge in [-0.05, 0) is 36.4 Å². The summed E-state index contributed by atoms with van der Waals surface area (Å²) in [5.41, 5.74) is 1.25. The Morgan fingerprint density at radius 2 is 1.92 bits per heavy atom. The van der Waals surface area contributed by atoms with Crippen LogP contribution in [0.3, 0.4) is 0 Å². The summed E-state index contributed by atoms with van der Waals surface area (Å²) in [6, 6.07) is 16.2. The van der Waals surface area contributed by atoms with Crippen molar-refractivity contribution in [1.29, 1.82) is 0 Å². The van der Waals surface area contributed by atoms with E-state index in [9.17, 15) is 9.90 Å². The van der Waals surface area contributed by atoms with E-state index in [1.807, 2.05) is 24.3 Å². The van der Waals surface area contributed by atoms with Gasteiger partial charge in [-0.3, -0.25) is 4.98 Å². The van der Waals surface area contributed by atoms with Gasteiger partial charge in [0.05, 0.1) is 18.3 Å². The molecule has 0 saturated heterocycles. The first-order valence-corrected chi connectivity index (χ1v) is 7.58. The molecule has 0 atom stereocenters. The molecule has 4 aromatic rings. The van der Waals surface area contributed by atoms with Crippen LogP contribution < -0.4 is 16.0 Å². The summed E-state index contributed by atoms with van der Waals surface area (Å²) >= 11 is 0. The molecule has 0 saturated carbocycles. The van der Waals surface area contributed by atoms with Crippen LogP contribution >= 0.6 is 0 Å². The molecular weight excluding hydrogens is 320 g/mol. The lowest BCUT2D eigenvalue weighted by Crippen LogP contribution is -2.25. The summed E-state index contributed by atoms with van der Waals surface area (Å²) in [7, 11) is 1.59. The number of hydrogen-bond acceptors (Lipinski definition) is 5. The third-order valence-electron chi connectivity index (χ3n) is 3.86. The average Bonchev–Trinajstić information content (AvgIpc) is 2.80. The van der Waals surface area contributed by atoms with E-state index in [4.69, 9.17) is 4.74 Å². The first kappa shape index (κ1) is 14.9. The number of rotatable bonds is 2. The minimum atomic E-state index is -0.507. The number of aromatic nitrogens is 3. The Kier molecular flexibility index (Phi) is 3.46. The Balaban J connectivity index is 2.12.